The van der Waals surface area contributed by atoms with Crippen molar-refractivity contribution in [1.82, 2.24) is 19.1 Å². The molecule has 0 bridgehead atoms. The first kappa shape index (κ1) is 16.3. The number of aryl methyl sites for hydroxylation is 1. The molecule has 2 aromatic heterocycles. The summed E-state index contributed by atoms with van der Waals surface area (Å²) >= 11 is 0. The van der Waals surface area contributed by atoms with Gasteiger partial charge in [-0.1, -0.05) is 6.92 Å². The van der Waals surface area contributed by atoms with Crippen molar-refractivity contribution in [3.63, 3.8) is 0 Å². The molecule has 0 aliphatic carbocycles. The second kappa shape index (κ2) is 5.95. The summed E-state index contributed by atoms with van der Waals surface area (Å²) in [7, 11) is 1.34. The molecule has 0 aromatic carbocycles. The lowest BCUT2D eigenvalue weighted by atomic mass is 10.4. The lowest BCUT2D eigenvalue weighted by molar-refractivity contribution is -0.147. The molecule has 2 aromatic rings. The number of hydrogen-bond donors (Lipinski definition) is 1. The van der Waals surface area contributed by atoms with E-state index < -0.39 is 23.2 Å². The van der Waals surface area contributed by atoms with Crippen molar-refractivity contribution < 1.29 is 17.9 Å². The van der Waals surface area contributed by atoms with E-state index in [-0.39, 0.29) is 30.9 Å². The van der Waals surface area contributed by atoms with Crippen LogP contribution in [-0.4, -0.2) is 32.8 Å². The smallest absolute Gasteiger partial charge is 0.383 e. The summed E-state index contributed by atoms with van der Waals surface area (Å²) in [6.07, 6.45) is -4.24. The molecule has 7 nitrogen and oxygen atoms in total. The van der Waals surface area contributed by atoms with E-state index in [9.17, 15) is 22.8 Å². The van der Waals surface area contributed by atoms with Crippen LogP contribution in [0, 0.1) is 0 Å². The number of nitrogens with zero attached hydrogens (tertiary/aromatic N) is 3. The SMILES string of the molecule is CCCn1c(=O)[nH]c(=O)c2c1nc(C(F)(F)F)n2CCOC. The van der Waals surface area contributed by atoms with Crippen LogP contribution in [0.15, 0.2) is 9.59 Å². The van der Waals surface area contributed by atoms with E-state index in [1.165, 1.54) is 7.11 Å². The number of nitrogens with one attached hydrogen (secondary N) is 1. The predicted octanol–water partition coefficient (Wildman–Crippen LogP) is 0.962. The standard InChI is InChI=1S/C12H15F3N4O3/c1-3-4-19-8-7(9(20)17-11(19)21)18(5-6-22-2)10(16-8)12(13,14)15/h3-6H2,1-2H3,(H,17,20,21). The molecule has 122 valence electrons. The van der Waals surface area contributed by atoms with Crippen molar-refractivity contribution in [1.29, 1.82) is 0 Å². The zero-order valence-electron chi connectivity index (χ0n) is 12.0. The van der Waals surface area contributed by atoms with Gasteiger partial charge in [-0.3, -0.25) is 14.3 Å². The van der Waals surface area contributed by atoms with Crippen LogP contribution >= 0.6 is 0 Å². The van der Waals surface area contributed by atoms with Crippen LogP contribution in [0.2, 0.25) is 0 Å². The average molecular weight is 320 g/mol. The molecule has 10 heteroatoms. The molecule has 22 heavy (non-hydrogen) atoms. The van der Waals surface area contributed by atoms with E-state index in [1.807, 2.05) is 4.98 Å². The third-order valence-electron chi connectivity index (χ3n) is 3.11. The van der Waals surface area contributed by atoms with Crippen molar-refractivity contribution >= 4 is 11.2 Å². The van der Waals surface area contributed by atoms with Gasteiger partial charge in [0.25, 0.3) is 5.56 Å². The highest BCUT2D eigenvalue weighted by molar-refractivity contribution is 5.71. The van der Waals surface area contributed by atoms with E-state index in [4.69, 9.17) is 4.74 Å². The quantitative estimate of drug-likeness (QED) is 0.890. The molecule has 0 unspecified atom stereocenters. The first-order valence-electron chi connectivity index (χ1n) is 6.60. The molecular formula is C12H15F3N4O3. The fourth-order valence-electron chi connectivity index (χ4n) is 2.22. The number of halogens is 3. The lowest BCUT2D eigenvalue weighted by Crippen LogP contribution is -2.31. The number of alkyl halides is 3. The van der Waals surface area contributed by atoms with Crippen LogP contribution in [0.5, 0.6) is 0 Å². The normalized spacial score (nSPS) is 12.2. The van der Waals surface area contributed by atoms with Crippen LogP contribution in [0.3, 0.4) is 0 Å². The maximum atomic E-state index is 13.1. The molecule has 0 saturated heterocycles. The van der Waals surface area contributed by atoms with Crippen molar-refractivity contribution in [3.05, 3.63) is 26.7 Å². The summed E-state index contributed by atoms with van der Waals surface area (Å²) in [5.74, 6) is -1.22. The molecule has 1 N–H and O–H groups in total. The van der Waals surface area contributed by atoms with Gasteiger partial charge in [-0.05, 0) is 6.42 Å². The second-order valence-electron chi connectivity index (χ2n) is 4.66. The Labute approximate surface area is 122 Å². The van der Waals surface area contributed by atoms with Gasteiger partial charge >= 0.3 is 11.9 Å². The summed E-state index contributed by atoms with van der Waals surface area (Å²) in [5, 5.41) is 0. The van der Waals surface area contributed by atoms with Gasteiger partial charge in [-0.15, -0.1) is 0 Å². The summed E-state index contributed by atoms with van der Waals surface area (Å²) in [6.45, 7) is 1.69. The van der Waals surface area contributed by atoms with Gasteiger partial charge in [-0.2, -0.15) is 13.2 Å². The molecule has 0 saturated carbocycles. The van der Waals surface area contributed by atoms with Crippen LogP contribution in [0.25, 0.3) is 11.2 Å². The number of rotatable bonds is 5. The van der Waals surface area contributed by atoms with Gasteiger partial charge in [-0.25, -0.2) is 9.78 Å². The van der Waals surface area contributed by atoms with Gasteiger partial charge in [0.1, 0.15) is 0 Å². The predicted molar refractivity (Wildman–Crippen MR) is 71.8 cm³/mol. The Morgan fingerprint density at radius 2 is 1.91 bits per heavy atom. The van der Waals surface area contributed by atoms with E-state index >= 15 is 0 Å². The Balaban J connectivity index is 2.85. The summed E-state index contributed by atoms with van der Waals surface area (Å²) in [5.41, 5.74) is -2.22. The zero-order valence-corrected chi connectivity index (χ0v) is 12.0. The molecule has 2 rings (SSSR count). The van der Waals surface area contributed by atoms with Crippen LogP contribution in [-0.2, 0) is 24.0 Å². The molecule has 0 aliphatic heterocycles. The number of aromatic nitrogens is 4. The summed E-state index contributed by atoms with van der Waals surface area (Å²) in [6, 6.07) is 0. The maximum Gasteiger partial charge on any atom is 0.449 e. The van der Waals surface area contributed by atoms with Crippen molar-refractivity contribution in [3.8, 4) is 0 Å². The van der Waals surface area contributed by atoms with Crippen molar-refractivity contribution in [2.24, 2.45) is 0 Å². The third kappa shape index (κ3) is 2.78. The Morgan fingerprint density at radius 3 is 2.45 bits per heavy atom. The van der Waals surface area contributed by atoms with Gasteiger partial charge < -0.3 is 9.30 Å². The highest BCUT2D eigenvalue weighted by Gasteiger charge is 2.38. The second-order valence-corrected chi connectivity index (χ2v) is 4.66. The fourth-order valence-corrected chi connectivity index (χ4v) is 2.22. The number of aromatic amines is 1. The van der Waals surface area contributed by atoms with Crippen molar-refractivity contribution in [2.45, 2.75) is 32.6 Å². The highest BCUT2D eigenvalue weighted by atomic mass is 19.4. The number of fused-ring (bicyclic) bond motifs is 1. The first-order valence-corrected chi connectivity index (χ1v) is 6.60. The van der Waals surface area contributed by atoms with Crippen LogP contribution in [0.1, 0.15) is 19.2 Å². The third-order valence-corrected chi connectivity index (χ3v) is 3.11. The molecule has 0 fully saturated rings. The topological polar surface area (TPSA) is 81.9 Å². The fraction of sp³-hybridized carbons (Fsp3) is 0.583. The molecular weight excluding hydrogens is 305 g/mol. The Kier molecular flexibility index (Phi) is 4.40. The first-order chi connectivity index (χ1) is 10.3. The number of hydrogen-bond acceptors (Lipinski definition) is 4. The molecule has 0 radical (unpaired) electrons. The zero-order chi connectivity index (χ0) is 16.5. The van der Waals surface area contributed by atoms with Crippen LogP contribution < -0.4 is 11.2 Å². The van der Waals surface area contributed by atoms with E-state index in [2.05, 4.69) is 4.98 Å². The van der Waals surface area contributed by atoms with E-state index in [1.54, 1.807) is 6.92 Å². The molecule has 0 atom stereocenters. The minimum Gasteiger partial charge on any atom is -0.383 e. The monoisotopic (exact) mass is 320 g/mol. The Morgan fingerprint density at radius 1 is 1.23 bits per heavy atom. The van der Waals surface area contributed by atoms with Crippen molar-refractivity contribution in [2.75, 3.05) is 13.7 Å². The summed E-state index contributed by atoms with van der Waals surface area (Å²) in [4.78, 5) is 29.3. The highest BCUT2D eigenvalue weighted by Crippen LogP contribution is 2.30. The minimum absolute atomic E-state index is 0.0269. The van der Waals surface area contributed by atoms with Gasteiger partial charge in [0.2, 0.25) is 5.82 Å². The van der Waals surface area contributed by atoms with Gasteiger partial charge in [0, 0.05) is 20.2 Å². The van der Waals surface area contributed by atoms with Crippen LogP contribution in [0.4, 0.5) is 13.2 Å². The number of methoxy groups -OCH3 is 1. The Hall–Kier alpha value is -2.10. The number of imidazole rings is 1. The number of ether oxygens (including phenoxy) is 1. The molecule has 0 amide bonds. The number of H-pyrrole nitrogens is 1. The molecule has 2 heterocycles. The lowest BCUT2D eigenvalue weighted by Gasteiger charge is -2.10. The van der Waals surface area contributed by atoms with Gasteiger partial charge in [0.05, 0.1) is 6.61 Å². The summed E-state index contributed by atoms with van der Waals surface area (Å²) < 4.78 is 46.0. The van der Waals surface area contributed by atoms with E-state index in [0.29, 0.717) is 6.42 Å². The minimum atomic E-state index is -4.74. The van der Waals surface area contributed by atoms with E-state index in [0.717, 1.165) is 9.13 Å². The average Bonchev–Trinajstić information content (AvgIpc) is 2.81. The molecule has 0 aliphatic rings. The Bertz CT molecular complexity index is 788. The maximum absolute atomic E-state index is 13.1. The van der Waals surface area contributed by atoms with Gasteiger partial charge in [0.15, 0.2) is 11.2 Å². The largest absolute Gasteiger partial charge is 0.449 e. The molecule has 0 spiro atoms.